The van der Waals surface area contributed by atoms with Gasteiger partial charge in [-0.25, -0.2) is 0 Å². The van der Waals surface area contributed by atoms with E-state index in [1.54, 1.807) is 17.9 Å². The van der Waals surface area contributed by atoms with E-state index in [-0.39, 0.29) is 17.7 Å². The van der Waals surface area contributed by atoms with Gasteiger partial charge in [-0.05, 0) is 25.8 Å². The third-order valence-corrected chi connectivity index (χ3v) is 3.48. The van der Waals surface area contributed by atoms with Gasteiger partial charge in [0.05, 0.1) is 11.0 Å². The maximum atomic E-state index is 12.3. The summed E-state index contributed by atoms with van der Waals surface area (Å²) in [4.78, 5) is 24.3. The molecule has 1 fully saturated rings. The molecule has 2 rings (SSSR count). The summed E-state index contributed by atoms with van der Waals surface area (Å²) in [7, 11) is 0. The number of amides is 1. The van der Waals surface area contributed by atoms with Gasteiger partial charge in [0.25, 0.3) is 11.6 Å². The number of nitro benzene ring substituents is 1. The highest BCUT2D eigenvalue weighted by Crippen LogP contribution is 2.23. The van der Waals surface area contributed by atoms with E-state index in [0.717, 1.165) is 0 Å². The van der Waals surface area contributed by atoms with Crippen LogP contribution in [0.25, 0.3) is 0 Å². The summed E-state index contributed by atoms with van der Waals surface area (Å²) in [6, 6.07) is 4.53. The largest absolute Gasteiger partial charge is 0.393 e. The fourth-order valence-corrected chi connectivity index (χ4v) is 2.29. The summed E-state index contributed by atoms with van der Waals surface area (Å²) < 4.78 is 0. The fraction of sp³-hybridized carbons (Fsp3) is 0.462. The SMILES string of the molecule is Cc1c(C(=O)N2CCC(O)CC2)cccc1[N+](=O)[O-]. The van der Waals surface area contributed by atoms with Crippen LogP contribution in [0.15, 0.2) is 18.2 Å². The first-order valence-electron chi connectivity index (χ1n) is 6.22. The Morgan fingerprint density at radius 1 is 1.42 bits per heavy atom. The van der Waals surface area contributed by atoms with Gasteiger partial charge in [-0.2, -0.15) is 0 Å². The molecule has 6 nitrogen and oxygen atoms in total. The summed E-state index contributed by atoms with van der Waals surface area (Å²) in [5.41, 5.74) is 0.720. The molecule has 1 aromatic carbocycles. The van der Waals surface area contributed by atoms with Gasteiger partial charge in [0.1, 0.15) is 0 Å². The number of aliphatic hydroxyl groups is 1. The van der Waals surface area contributed by atoms with Crippen molar-refractivity contribution in [2.75, 3.05) is 13.1 Å². The molecule has 0 bridgehead atoms. The van der Waals surface area contributed by atoms with Gasteiger partial charge >= 0.3 is 0 Å². The zero-order valence-electron chi connectivity index (χ0n) is 10.7. The monoisotopic (exact) mass is 264 g/mol. The number of nitro groups is 1. The van der Waals surface area contributed by atoms with Crippen LogP contribution in [0.5, 0.6) is 0 Å². The second-order valence-electron chi connectivity index (χ2n) is 4.73. The lowest BCUT2D eigenvalue weighted by molar-refractivity contribution is -0.385. The Bertz CT molecular complexity index is 507. The molecule has 1 heterocycles. The van der Waals surface area contributed by atoms with E-state index in [1.165, 1.54) is 12.1 Å². The Balaban J connectivity index is 2.24. The molecule has 1 aromatic rings. The highest BCUT2D eigenvalue weighted by atomic mass is 16.6. The Morgan fingerprint density at radius 3 is 2.63 bits per heavy atom. The number of carbonyl (C=O) groups is 1. The van der Waals surface area contributed by atoms with Crippen molar-refractivity contribution in [3.8, 4) is 0 Å². The number of rotatable bonds is 2. The second-order valence-corrected chi connectivity index (χ2v) is 4.73. The number of piperidine rings is 1. The summed E-state index contributed by atoms with van der Waals surface area (Å²) in [5, 5.41) is 20.3. The number of likely N-dealkylation sites (tertiary alicyclic amines) is 1. The van der Waals surface area contributed by atoms with Gasteiger partial charge in [0.2, 0.25) is 0 Å². The average molecular weight is 264 g/mol. The van der Waals surface area contributed by atoms with Crippen molar-refractivity contribution in [1.29, 1.82) is 0 Å². The molecule has 1 aliphatic heterocycles. The summed E-state index contributed by atoms with van der Waals surface area (Å²) in [5.74, 6) is -0.201. The van der Waals surface area contributed by atoms with Gasteiger partial charge in [-0.3, -0.25) is 14.9 Å². The molecule has 0 unspecified atom stereocenters. The van der Waals surface area contributed by atoms with Crippen molar-refractivity contribution in [3.63, 3.8) is 0 Å². The predicted molar refractivity (Wildman–Crippen MR) is 69.0 cm³/mol. The number of aliphatic hydroxyl groups excluding tert-OH is 1. The number of nitrogens with zero attached hydrogens (tertiary/aromatic N) is 2. The Kier molecular flexibility index (Phi) is 3.80. The van der Waals surface area contributed by atoms with Crippen LogP contribution in [0.3, 0.4) is 0 Å². The van der Waals surface area contributed by atoms with Crippen LogP contribution in [0.2, 0.25) is 0 Å². The topological polar surface area (TPSA) is 83.7 Å². The lowest BCUT2D eigenvalue weighted by atomic mass is 10.0. The molecule has 1 aliphatic rings. The minimum atomic E-state index is -0.480. The van der Waals surface area contributed by atoms with E-state index in [2.05, 4.69) is 0 Å². The van der Waals surface area contributed by atoms with Gasteiger partial charge in [-0.1, -0.05) is 6.07 Å². The smallest absolute Gasteiger partial charge is 0.273 e. The molecule has 6 heteroatoms. The molecule has 1 N–H and O–H groups in total. The molecule has 0 aliphatic carbocycles. The van der Waals surface area contributed by atoms with E-state index in [9.17, 15) is 20.0 Å². The lowest BCUT2D eigenvalue weighted by Crippen LogP contribution is -2.40. The minimum Gasteiger partial charge on any atom is -0.393 e. The number of hydrogen-bond acceptors (Lipinski definition) is 4. The van der Waals surface area contributed by atoms with Gasteiger partial charge in [-0.15, -0.1) is 0 Å². The first-order chi connectivity index (χ1) is 9.00. The molecular weight excluding hydrogens is 248 g/mol. The zero-order chi connectivity index (χ0) is 14.0. The van der Waals surface area contributed by atoms with Crippen molar-refractivity contribution in [2.24, 2.45) is 0 Å². The van der Waals surface area contributed by atoms with Gasteiger partial charge < -0.3 is 10.0 Å². The van der Waals surface area contributed by atoms with Crippen LogP contribution in [0.4, 0.5) is 5.69 Å². The summed E-state index contributed by atoms with van der Waals surface area (Å²) in [6.07, 6.45) is 0.759. The zero-order valence-corrected chi connectivity index (χ0v) is 10.7. The quantitative estimate of drug-likeness (QED) is 0.648. The van der Waals surface area contributed by atoms with Crippen LogP contribution in [0, 0.1) is 17.0 Å². The van der Waals surface area contributed by atoms with Gasteiger partial charge in [0.15, 0.2) is 0 Å². The Labute approximate surface area is 110 Å². The van der Waals surface area contributed by atoms with Crippen molar-refractivity contribution in [2.45, 2.75) is 25.9 Å². The van der Waals surface area contributed by atoms with E-state index in [4.69, 9.17) is 0 Å². The van der Waals surface area contributed by atoms with Crippen LogP contribution >= 0.6 is 0 Å². The third kappa shape index (κ3) is 2.73. The third-order valence-electron chi connectivity index (χ3n) is 3.48. The van der Waals surface area contributed by atoms with Crippen LogP contribution in [-0.4, -0.2) is 40.0 Å². The van der Waals surface area contributed by atoms with E-state index < -0.39 is 4.92 Å². The first kappa shape index (κ1) is 13.5. The van der Waals surface area contributed by atoms with E-state index in [1.807, 2.05) is 0 Å². The van der Waals surface area contributed by atoms with Crippen LogP contribution in [-0.2, 0) is 0 Å². The average Bonchev–Trinajstić information content (AvgIpc) is 2.38. The first-order valence-corrected chi connectivity index (χ1v) is 6.22. The minimum absolute atomic E-state index is 0.0390. The maximum absolute atomic E-state index is 12.3. The van der Waals surface area contributed by atoms with Crippen LogP contribution in [0.1, 0.15) is 28.8 Å². The predicted octanol–water partition coefficient (Wildman–Crippen LogP) is 1.50. The number of carbonyl (C=O) groups excluding carboxylic acids is 1. The second kappa shape index (κ2) is 5.36. The Hall–Kier alpha value is -1.95. The summed E-state index contributed by atoms with van der Waals surface area (Å²) in [6.45, 7) is 2.56. The van der Waals surface area contributed by atoms with Crippen molar-refractivity contribution < 1.29 is 14.8 Å². The molecule has 1 amide bonds. The molecule has 0 saturated carbocycles. The highest BCUT2D eigenvalue weighted by Gasteiger charge is 2.25. The van der Waals surface area contributed by atoms with Crippen molar-refractivity contribution >= 4 is 11.6 Å². The molecule has 0 radical (unpaired) electrons. The fourth-order valence-electron chi connectivity index (χ4n) is 2.29. The number of benzene rings is 1. The number of hydrogen-bond donors (Lipinski definition) is 1. The lowest BCUT2D eigenvalue weighted by Gasteiger charge is -2.30. The molecule has 0 spiro atoms. The van der Waals surface area contributed by atoms with E-state index in [0.29, 0.717) is 37.1 Å². The molecule has 19 heavy (non-hydrogen) atoms. The highest BCUT2D eigenvalue weighted by molar-refractivity contribution is 5.96. The maximum Gasteiger partial charge on any atom is 0.273 e. The molecule has 102 valence electrons. The molecular formula is C13H16N2O4. The van der Waals surface area contributed by atoms with Crippen molar-refractivity contribution in [3.05, 3.63) is 39.4 Å². The van der Waals surface area contributed by atoms with Crippen LogP contribution < -0.4 is 0 Å². The standard InChI is InChI=1S/C13H16N2O4/c1-9-11(3-2-4-12(9)15(18)19)13(17)14-7-5-10(16)6-8-14/h2-4,10,16H,5-8H2,1H3. The summed E-state index contributed by atoms with van der Waals surface area (Å²) >= 11 is 0. The Morgan fingerprint density at radius 2 is 2.05 bits per heavy atom. The molecule has 1 saturated heterocycles. The van der Waals surface area contributed by atoms with Gasteiger partial charge in [0, 0.05) is 30.3 Å². The molecule has 0 atom stereocenters. The van der Waals surface area contributed by atoms with E-state index >= 15 is 0 Å². The normalized spacial score (nSPS) is 16.4. The van der Waals surface area contributed by atoms with Crippen molar-refractivity contribution in [1.82, 2.24) is 4.90 Å². The molecule has 0 aromatic heterocycles.